The number of nitro groups is 1. The first kappa shape index (κ1) is 22.1. The normalized spacial score (nSPS) is 13.8. The highest BCUT2D eigenvalue weighted by molar-refractivity contribution is 6.34. The topological polar surface area (TPSA) is 107 Å². The van der Waals surface area contributed by atoms with E-state index in [1.54, 1.807) is 0 Å². The van der Waals surface area contributed by atoms with Crippen LogP contribution < -0.4 is 4.90 Å². The maximum atomic E-state index is 12.9. The number of carbonyl (C=O) groups excluding carboxylic acids is 3. The summed E-state index contributed by atoms with van der Waals surface area (Å²) in [6, 6.07) is 9.50. The van der Waals surface area contributed by atoms with E-state index in [1.165, 1.54) is 36.4 Å². The summed E-state index contributed by atoms with van der Waals surface area (Å²) in [5.74, 6) is -1.78. The molecule has 2 aromatic carbocycles. The Morgan fingerprint density at radius 3 is 2.52 bits per heavy atom. The Hall–Kier alpha value is -3.55. The average Bonchev–Trinajstić information content (AvgIpc) is 3.01. The highest BCUT2D eigenvalue weighted by atomic mass is 16.6. The molecule has 2 amide bonds. The number of benzene rings is 2. The summed E-state index contributed by atoms with van der Waals surface area (Å²) in [4.78, 5) is 49.4. The predicted molar refractivity (Wildman–Crippen MR) is 114 cm³/mol. The molecule has 3 rings (SSSR count). The van der Waals surface area contributed by atoms with E-state index in [9.17, 15) is 24.5 Å². The molecule has 0 saturated carbocycles. The van der Waals surface area contributed by atoms with Crippen molar-refractivity contribution in [3.8, 4) is 0 Å². The number of carbonyl (C=O) groups is 3. The minimum atomic E-state index is -0.636. The third kappa shape index (κ3) is 4.79. The summed E-state index contributed by atoms with van der Waals surface area (Å²) >= 11 is 0. The van der Waals surface area contributed by atoms with Gasteiger partial charge in [0.2, 0.25) is 0 Å². The Morgan fingerprint density at radius 1 is 1.06 bits per heavy atom. The number of non-ortho nitro benzene ring substituents is 1. The number of rotatable bonds is 9. The fourth-order valence-corrected chi connectivity index (χ4v) is 3.52. The zero-order chi connectivity index (χ0) is 22.5. The molecule has 1 aliphatic rings. The van der Waals surface area contributed by atoms with Crippen molar-refractivity contribution in [1.82, 2.24) is 0 Å². The summed E-state index contributed by atoms with van der Waals surface area (Å²) in [5.41, 5.74) is 0.264. The van der Waals surface area contributed by atoms with Crippen LogP contribution in [0.15, 0.2) is 42.5 Å². The van der Waals surface area contributed by atoms with Crippen LogP contribution in [0.4, 0.5) is 11.4 Å². The van der Waals surface area contributed by atoms with Gasteiger partial charge in [0.1, 0.15) is 0 Å². The summed E-state index contributed by atoms with van der Waals surface area (Å²) < 4.78 is 5.47. The number of anilines is 1. The van der Waals surface area contributed by atoms with E-state index in [2.05, 4.69) is 6.92 Å². The minimum absolute atomic E-state index is 0.0709. The third-order valence-corrected chi connectivity index (χ3v) is 5.19. The van der Waals surface area contributed by atoms with Crippen LogP contribution in [-0.4, -0.2) is 28.8 Å². The van der Waals surface area contributed by atoms with Crippen molar-refractivity contribution < 1.29 is 24.0 Å². The molecule has 8 nitrogen and oxygen atoms in total. The van der Waals surface area contributed by atoms with Crippen LogP contribution in [0, 0.1) is 10.1 Å². The van der Waals surface area contributed by atoms with Gasteiger partial charge in [0.25, 0.3) is 17.5 Å². The number of esters is 1. The van der Waals surface area contributed by atoms with Crippen molar-refractivity contribution in [1.29, 1.82) is 0 Å². The summed E-state index contributed by atoms with van der Waals surface area (Å²) in [6.07, 6.45) is 4.83. The second-order valence-electron chi connectivity index (χ2n) is 7.55. The highest BCUT2D eigenvalue weighted by Gasteiger charge is 2.37. The van der Waals surface area contributed by atoms with Crippen LogP contribution in [-0.2, 0) is 4.74 Å². The lowest BCUT2D eigenvalue weighted by molar-refractivity contribution is -0.384. The van der Waals surface area contributed by atoms with Crippen LogP contribution >= 0.6 is 0 Å². The van der Waals surface area contributed by atoms with Gasteiger partial charge in [0.05, 0.1) is 33.4 Å². The zero-order valence-corrected chi connectivity index (χ0v) is 17.5. The van der Waals surface area contributed by atoms with Crippen molar-refractivity contribution in [3.63, 3.8) is 0 Å². The zero-order valence-electron chi connectivity index (χ0n) is 17.5. The number of amides is 2. The summed E-state index contributed by atoms with van der Waals surface area (Å²) in [5, 5.41) is 11.0. The number of ether oxygens (including phenoxy) is 1. The van der Waals surface area contributed by atoms with E-state index >= 15 is 0 Å². The molecule has 31 heavy (non-hydrogen) atoms. The SMILES string of the molecule is CCCCCCC(C)OC(=O)c1ccc2c(c1)C(=O)N(c1cccc([N+](=O)[O-])c1)C2=O. The van der Waals surface area contributed by atoms with Crippen LogP contribution in [0.5, 0.6) is 0 Å². The van der Waals surface area contributed by atoms with Gasteiger partial charge in [-0.1, -0.05) is 32.3 Å². The van der Waals surface area contributed by atoms with Gasteiger partial charge in [-0.05, 0) is 44.0 Å². The monoisotopic (exact) mass is 424 g/mol. The van der Waals surface area contributed by atoms with Gasteiger partial charge < -0.3 is 4.74 Å². The first-order chi connectivity index (χ1) is 14.8. The molecular formula is C23H24N2O6. The number of unbranched alkanes of at least 4 members (excludes halogenated alkanes) is 3. The smallest absolute Gasteiger partial charge is 0.338 e. The molecule has 0 radical (unpaired) electrons. The van der Waals surface area contributed by atoms with Crippen molar-refractivity contribution in [3.05, 3.63) is 69.3 Å². The van der Waals surface area contributed by atoms with Crippen molar-refractivity contribution in [2.24, 2.45) is 0 Å². The number of imide groups is 1. The lowest BCUT2D eigenvalue weighted by atomic mass is 10.1. The van der Waals surface area contributed by atoms with Crippen LogP contribution in [0.2, 0.25) is 0 Å². The Labute approximate surface area is 180 Å². The van der Waals surface area contributed by atoms with Gasteiger partial charge in [-0.15, -0.1) is 0 Å². The van der Waals surface area contributed by atoms with Crippen LogP contribution in [0.3, 0.4) is 0 Å². The Bertz CT molecular complexity index is 1030. The second-order valence-corrected chi connectivity index (χ2v) is 7.55. The maximum Gasteiger partial charge on any atom is 0.338 e. The van der Waals surface area contributed by atoms with Gasteiger partial charge in [-0.25, -0.2) is 9.69 Å². The van der Waals surface area contributed by atoms with Gasteiger partial charge in [-0.2, -0.15) is 0 Å². The molecule has 0 saturated heterocycles. The molecule has 0 aromatic heterocycles. The minimum Gasteiger partial charge on any atom is -0.459 e. The van der Waals surface area contributed by atoms with E-state index in [1.807, 2.05) is 6.92 Å². The van der Waals surface area contributed by atoms with Crippen molar-refractivity contribution >= 4 is 29.2 Å². The Balaban J connectivity index is 1.76. The molecule has 0 N–H and O–H groups in total. The van der Waals surface area contributed by atoms with E-state index in [-0.39, 0.29) is 34.2 Å². The Kier molecular flexibility index (Phi) is 6.79. The summed E-state index contributed by atoms with van der Waals surface area (Å²) in [7, 11) is 0. The molecule has 1 atom stereocenters. The van der Waals surface area contributed by atoms with E-state index in [0.29, 0.717) is 0 Å². The molecule has 0 fully saturated rings. The maximum absolute atomic E-state index is 12.9. The van der Waals surface area contributed by atoms with Gasteiger partial charge in [-0.3, -0.25) is 19.7 Å². The number of hydrogen-bond donors (Lipinski definition) is 0. The standard InChI is InChI=1S/C23H24N2O6/c1-3-4-5-6-8-15(2)31-23(28)16-11-12-19-20(13-16)22(27)24(21(19)26)17-9-7-10-18(14-17)25(29)30/h7,9-15H,3-6,8H2,1-2H3. The molecule has 8 heteroatoms. The predicted octanol–water partition coefficient (Wildman–Crippen LogP) is 4.91. The fourth-order valence-electron chi connectivity index (χ4n) is 3.52. The van der Waals surface area contributed by atoms with Gasteiger partial charge >= 0.3 is 5.97 Å². The van der Waals surface area contributed by atoms with E-state index in [0.717, 1.165) is 43.1 Å². The van der Waals surface area contributed by atoms with E-state index < -0.39 is 22.7 Å². The lowest BCUT2D eigenvalue weighted by Crippen LogP contribution is -2.29. The molecule has 1 heterocycles. The second kappa shape index (κ2) is 9.51. The molecule has 162 valence electrons. The third-order valence-electron chi connectivity index (χ3n) is 5.19. The number of nitro benzene ring substituents is 1. The first-order valence-corrected chi connectivity index (χ1v) is 10.3. The van der Waals surface area contributed by atoms with Crippen molar-refractivity contribution in [2.45, 2.75) is 52.1 Å². The van der Waals surface area contributed by atoms with E-state index in [4.69, 9.17) is 4.74 Å². The largest absolute Gasteiger partial charge is 0.459 e. The number of nitrogens with zero attached hydrogens (tertiary/aromatic N) is 2. The molecule has 1 aliphatic heterocycles. The fraction of sp³-hybridized carbons (Fsp3) is 0.348. The molecule has 1 unspecified atom stereocenters. The quantitative estimate of drug-likeness (QED) is 0.186. The molecule has 0 spiro atoms. The van der Waals surface area contributed by atoms with Gasteiger partial charge in [0, 0.05) is 12.1 Å². The average molecular weight is 424 g/mol. The molecule has 0 bridgehead atoms. The van der Waals surface area contributed by atoms with Crippen molar-refractivity contribution in [2.75, 3.05) is 4.90 Å². The van der Waals surface area contributed by atoms with Gasteiger partial charge in [0.15, 0.2) is 0 Å². The number of fused-ring (bicyclic) bond motifs is 1. The van der Waals surface area contributed by atoms with Crippen LogP contribution in [0.25, 0.3) is 0 Å². The van der Waals surface area contributed by atoms with Crippen LogP contribution in [0.1, 0.15) is 77.0 Å². The molecule has 2 aromatic rings. The molecular weight excluding hydrogens is 400 g/mol. The molecule has 0 aliphatic carbocycles. The lowest BCUT2D eigenvalue weighted by Gasteiger charge is -2.13. The Morgan fingerprint density at radius 2 is 1.81 bits per heavy atom. The number of hydrogen-bond acceptors (Lipinski definition) is 6. The highest BCUT2D eigenvalue weighted by Crippen LogP contribution is 2.31. The first-order valence-electron chi connectivity index (χ1n) is 10.3. The summed E-state index contributed by atoms with van der Waals surface area (Å²) in [6.45, 7) is 3.96.